The van der Waals surface area contributed by atoms with E-state index in [1.165, 1.54) is 19.2 Å². The van der Waals surface area contributed by atoms with Crippen LogP contribution in [0, 0.1) is 5.92 Å². The number of aryl methyl sites for hydroxylation is 1. The first-order valence-electron chi connectivity index (χ1n) is 10.3. The molecule has 0 spiro atoms. The molecule has 1 saturated carbocycles. The van der Waals surface area contributed by atoms with Crippen molar-refractivity contribution >= 4 is 28.5 Å². The van der Waals surface area contributed by atoms with Gasteiger partial charge in [0.2, 0.25) is 0 Å². The molecule has 150 valence electrons. The zero-order valence-corrected chi connectivity index (χ0v) is 16.1. The summed E-state index contributed by atoms with van der Waals surface area (Å²) in [6.07, 6.45) is 8.25. The summed E-state index contributed by atoms with van der Waals surface area (Å²) in [6.45, 7) is 0. The number of hydrogen-bond acceptors (Lipinski definition) is 5. The molecular formula is C22H24N4O3. The number of fused-ring (bicyclic) bond motifs is 3. The third-order valence-corrected chi connectivity index (χ3v) is 6.06. The number of benzene rings is 1. The molecular weight excluding hydrogens is 368 g/mol. The number of para-hydroxylation sites is 2. The summed E-state index contributed by atoms with van der Waals surface area (Å²) in [4.78, 5) is 23.8. The number of aromatic nitrogens is 3. The van der Waals surface area contributed by atoms with Crippen LogP contribution in [0.15, 0.2) is 30.6 Å². The lowest BCUT2D eigenvalue weighted by Gasteiger charge is -2.19. The second kappa shape index (κ2) is 7.39. The van der Waals surface area contributed by atoms with Crippen LogP contribution in [0.2, 0.25) is 0 Å². The number of carboxylic acids is 1. The lowest BCUT2D eigenvalue weighted by Crippen LogP contribution is -2.21. The Morgan fingerprint density at radius 3 is 2.83 bits per heavy atom. The number of carboxylic acid groups (broad SMARTS) is 1. The smallest absolute Gasteiger partial charge is 0.306 e. The van der Waals surface area contributed by atoms with Gasteiger partial charge in [0.1, 0.15) is 23.5 Å². The molecule has 1 fully saturated rings. The summed E-state index contributed by atoms with van der Waals surface area (Å²) in [5.74, 6) is 0.388. The van der Waals surface area contributed by atoms with Crippen LogP contribution in [0.4, 0.5) is 11.5 Å². The summed E-state index contributed by atoms with van der Waals surface area (Å²) in [5.41, 5.74) is 3.68. The van der Waals surface area contributed by atoms with Gasteiger partial charge in [-0.1, -0.05) is 12.1 Å². The predicted molar refractivity (Wildman–Crippen MR) is 110 cm³/mol. The number of aromatic amines is 1. The number of nitrogens with zero attached hydrogens (tertiary/aromatic N) is 2. The van der Waals surface area contributed by atoms with E-state index >= 15 is 0 Å². The number of hydrogen-bond donors (Lipinski definition) is 3. The summed E-state index contributed by atoms with van der Waals surface area (Å²) < 4.78 is 6.24. The van der Waals surface area contributed by atoms with Crippen LogP contribution >= 0.6 is 0 Å². The van der Waals surface area contributed by atoms with Gasteiger partial charge >= 0.3 is 5.97 Å². The molecule has 2 heterocycles. The van der Waals surface area contributed by atoms with E-state index in [2.05, 4.69) is 20.3 Å². The van der Waals surface area contributed by atoms with Gasteiger partial charge in [0.15, 0.2) is 0 Å². The molecule has 2 aliphatic rings. The fourth-order valence-corrected chi connectivity index (χ4v) is 4.53. The predicted octanol–water partition coefficient (Wildman–Crippen LogP) is 4.21. The van der Waals surface area contributed by atoms with Gasteiger partial charge in [0.25, 0.3) is 0 Å². The molecule has 5 rings (SSSR count). The van der Waals surface area contributed by atoms with Crippen molar-refractivity contribution in [2.75, 3.05) is 5.32 Å². The minimum absolute atomic E-state index is 0.264. The van der Waals surface area contributed by atoms with Crippen molar-refractivity contribution in [3.05, 3.63) is 41.9 Å². The molecule has 29 heavy (non-hydrogen) atoms. The molecule has 2 aromatic heterocycles. The molecule has 7 heteroatoms. The normalized spacial score (nSPS) is 19.2. The number of carbonyl (C=O) groups is 1. The fourth-order valence-electron chi connectivity index (χ4n) is 4.53. The van der Waals surface area contributed by atoms with E-state index in [9.17, 15) is 9.90 Å². The average molecular weight is 392 g/mol. The standard InChI is InChI=1S/C22H24N4O3/c27-22(28)13-9-10-16-15(11-13)19-20(25-16)23-12-24-21(19)26-17-7-3-4-8-18(17)29-14-5-1-2-6-14/h3-4,7-8,12-14H,1-2,5-6,9-11H2,(H,27,28)(H2,23,24,25,26)/t13-/m0/s1. The summed E-state index contributed by atoms with van der Waals surface area (Å²) >= 11 is 0. The number of ether oxygens (including phenoxy) is 1. The molecule has 0 saturated heterocycles. The third kappa shape index (κ3) is 3.41. The maximum Gasteiger partial charge on any atom is 0.306 e. The van der Waals surface area contributed by atoms with Crippen LogP contribution in [0.25, 0.3) is 11.0 Å². The first-order valence-corrected chi connectivity index (χ1v) is 10.3. The van der Waals surface area contributed by atoms with Crippen LogP contribution < -0.4 is 10.1 Å². The van der Waals surface area contributed by atoms with Gasteiger partial charge in [-0.2, -0.15) is 0 Å². The van der Waals surface area contributed by atoms with E-state index in [1.807, 2.05) is 24.3 Å². The van der Waals surface area contributed by atoms with Crippen LogP contribution in [-0.2, 0) is 17.6 Å². The van der Waals surface area contributed by atoms with Crippen LogP contribution in [0.5, 0.6) is 5.75 Å². The van der Waals surface area contributed by atoms with Crippen LogP contribution in [0.1, 0.15) is 43.4 Å². The molecule has 0 bridgehead atoms. The Morgan fingerprint density at radius 1 is 1.17 bits per heavy atom. The Morgan fingerprint density at radius 2 is 2.00 bits per heavy atom. The molecule has 1 atom stereocenters. The fraction of sp³-hybridized carbons (Fsp3) is 0.409. The van der Waals surface area contributed by atoms with Gasteiger partial charge in [-0.05, 0) is 62.6 Å². The van der Waals surface area contributed by atoms with E-state index in [-0.39, 0.29) is 12.0 Å². The molecule has 0 radical (unpaired) electrons. The lowest BCUT2D eigenvalue weighted by molar-refractivity contribution is -0.142. The Hall–Kier alpha value is -3.09. The SMILES string of the molecule is O=C(O)[C@H]1CCc2[nH]c3ncnc(Nc4ccccc4OC4CCCC4)c3c2C1. The van der Waals surface area contributed by atoms with E-state index in [4.69, 9.17) is 4.74 Å². The van der Waals surface area contributed by atoms with Crippen molar-refractivity contribution in [3.8, 4) is 5.75 Å². The van der Waals surface area contributed by atoms with E-state index < -0.39 is 5.97 Å². The topological polar surface area (TPSA) is 100 Å². The van der Waals surface area contributed by atoms with Crippen molar-refractivity contribution in [1.82, 2.24) is 15.0 Å². The molecule has 0 unspecified atom stereocenters. The van der Waals surface area contributed by atoms with Crippen molar-refractivity contribution in [2.24, 2.45) is 5.92 Å². The third-order valence-electron chi connectivity index (χ3n) is 6.06. The Bertz CT molecular complexity index is 1060. The van der Waals surface area contributed by atoms with Crippen molar-refractivity contribution < 1.29 is 14.6 Å². The highest BCUT2D eigenvalue weighted by Gasteiger charge is 2.29. The summed E-state index contributed by atoms with van der Waals surface area (Å²) in [7, 11) is 0. The summed E-state index contributed by atoms with van der Waals surface area (Å²) in [5, 5.41) is 13.8. The van der Waals surface area contributed by atoms with Gasteiger partial charge in [0, 0.05) is 5.69 Å². The van der Waals surface area contributed by atoms with Crippen LogP contribution in [-0.4, -0.2) is 32.1 Å². The second-order valence-corrected chi connectivity index (χ2v) is 7.95. The van der Waals surface area contributed by atoms with Crippen molar-refractivity contribution in [1.29, 1.82) is 0 Å². The maximum atomic E-state index is 11.5. The van der Waals surface area contributed by atoms with Gasteiger partial charge in [-0.15, -0.1) is 0 Å². The Balaban J connectivity index is 1.50. The first-order chi connectivity index (χ1) is 14.2. The molecule has 0 amide bonds. The van der Waals surface area contributed by atoms with Gasteiger partial charge in [-0.25, -0.2) is 9.97 Å². The van der Waals surface area contributed by atoms with Crippen molar-refractivity contribution in [2.45, 2.75) is 51.0 Å². The average Bonchev–Trinajstić information content (AvgIpc) is 3.36. The molecule has 0 aliphatic heterocycles. The Labute approximate surface area is 168 Å². The highest BCUT2D eigenvalue weighted by molar-refractivity contribution is 5.94. The highest BCUT2D eigenvalue weighted by atomic mass is 16.5. The summed E-state index contributed by atoms with van der Waals surface area (Å²) in [6, 6.07) is 7.90. The van der Waals surface area contributed by atoms with E-state index in [0.29, 0.717) is 25.1 Å². The lowest BCUT2D eigenvalue weighted by atomic mass is 9.86. The van der Waals surface area contributed by atoms with Gasteiger partial charge in [0.05, 0.1) is 23.1 Å². The largest absolute Gasteiger partial charge is 0.488 e. The van der Waals surface area contributed by atoms with Gasteiger partial charge in [-0.3, -0.25) is 4.79 Å². The maximum absolute atomic E-state index is 11.5. The molecule has 3 N–H and O–H groups in total. The number of rotatable bonds is 5. The van der Waals surface area contributed by atoms with Gasteiger partial charge < -0.3 is 20.1 Å². The van der Waals surface area contributed by atoms with Crippen molar-refractivity contribution in [3.63, 3.8) is 0 Å². The zero-order chi connectivity index (χ0) is 19.8. The number of nitrogens with one attached hydrogen (secondary N) is 2. The number of anilines is 2. The second-order valence-electron chi connectivity index (χ2n) is 7.95. The molecule has 7 nitrogen and oxygen atoms in total. The number of aliphatic carboxylic acids is 1. The highest BCUT2D eigenvalue weighted by Crippen LogP contribution is 2.37. The zero-order valence-electron chi connectivity index (χ0n) is 16.1. The van der Waals surface area contributed by atoms with E-state index in [1.54, 1.807) is 0 Å². The number of H-pyrrole nitrogens is 1. The Kier molecular flexibility index (Phi) is 4.58. The molecule has 2 aliphatic carbocycles. The molecule has 1 aromatic carbocycles. The first kappa shape index (κ1) is 18.0. The van der Waals surface area contributed by atoms with E-state index in [0.717, 1.165) is 46.6 Å². The quantitative estimate of drug-likeness (QED) is 0.601. The molecule has 3 aromatic rings. The minimum Gasteiger partial charge on any atom is -0.488 e. The van der Waals surface area contributed by atoms with Crippen LogP contribution in [0.3, 0.4) is 0 Å². The monoisotopic (exact) mass is 392 g/mol. The minimum atomic E-state index is -0.744.